The van der Waals surface area contributed by atoms with E-state index in [1.807, 2.05) is 50.3 Å². The second-order valence-corrected chi connectivity index (χ2v) is 21.7. The summed E-state index contributed by atoms with van der Waals surface area (Å²) in [5, 5.41) is 54.3. The fourth-order valence-electron chi connectivity index (χ4n) is 15.0. The highest BCUT2D eigenvalue weighted by atomic mass is 16.6. The van der Waals surface area contributed by atoms with Crippen molar-refractivity contribution in [2.24, 2.45) is 11.3 Å². The number of para-hydroxylation sites is 1. The third-order valence-corrected chi connectivity index (χ3v) is 18.0. The molecule has 1 aliphatic carbocycles. The van der Waals surface area contributed by atoms with Gasteiger partial charge in [0.2, 0.25) is 18.0 Å². The summed E-state index contributed by atoms with van der Waals surface area (Å²) in [6.45, 7) is 7.69. The summed E-state index contributed by atoms with van der Waals surface area (Å²) in [4.78, 5) is 84.6. The number of fused-ring (bicyclic) bond motifs is 6. The van der Waals surface area contributed by atoms with Gasteiger partial charge in [-0.1, -0.05) is 44.2 Å². The lowest BCUT2D eigenvalue weighted by Crippen LogP contribution is -2.81. The maximum atomic E-state index is 15.3. The first kappa shape index (κ1) is 54.1. The molecule has 0 radical (unpaired) electrons. The van der Waals surface area contributed by atoms with Crippen molar-refractivity contribution in [3.05, 3.63) is 87.7 Å². The summed E-state index contributed by atoms with van der Waals surface area (Å²) in [7, 11) is 4.09. The lowest BCUT2D eigenvalue weighted by Gasteiger charge is -2.63. The van der Waals surface area contributed by atoms with Gasteiger partial charge in [-0.25, -0.2) is 14.6 Å². The van der Waals surface area contributed by atoms with Crippen LogP contribution in [0, 0.1) is 11.3 Å². The Morgan fingerprint density at radius 3 is 2.39 bits per heavy atom. The molecule has 1 saturated carbocycles. The lowest BCUT2D eigenvalue weighted by molar-refractivity contribution is -0.228. The minimum Gasteiger partial charge on any atom is -0.496 e. The van der Waals surface area contributed by atoms with Crippen LogP contribution < -0.4 is 21.1 Å². The second kappa shape index (κ2) is 19.9. The number of benzene rings is 2. The first-order valence-electron chi connectivity index (χ1n) is 26.1. The van der Waals surface area contributed by atoms with E-state index in [2.05, 4.69) is 30.8 Å². The Bertz CT molecular complexity index is 3080. The Morgan fingerprint density at radius 2 is 1.74 bits per heavy atom. The van der Waals surface area contributed by atoms with E-state index in [1.165, 1.54) is 33.2 Å². The topological polar surface area (TPSA) is 315 Å². The molecule has 2 aromatic heterocycles. The number of carbonyl (C=O) groups is 4. The number of rotatable bonds is 10. The molecule has 1 spiro atoms. The molecular formula is C54H68N8O15. The highest BCUT2D eigenvalue weighted by Crippen LogP contribution is 2.68. The summed E-state index contributed by atoms with van der Waals surface area (Å²) in [5.74, 6) is -2.26. The Labute approximate surface area is 443 Å². The van der Waals surface area contributed by atoms with Gasteiger partial charge in [-0.05, 0) is 74.2 Å². The zero-order valence-electron chi connectivity index (χ0n) is 44.0. The first-order chi connectivity index (χ1) is 36.8. The fourth-order valence-corrected chi connectivity index (χ4v) is 15.0. The molecule has 23 heteroatoms. The number of nitrogens with two attached hydrogens (primary N) is 1. The van der Waals surface area contributed by atoms with Crippen molar-refractivity contribution in [3.63, 3.8) is 0 Å². The molecule has 23 nitrogen and oxygen atoms in total. The minimum atomic E-state index is -2.53. The fraction of sp³-hybridized carbons (Fsp3) is 0.574. The molecule has 8 heterocycles. The van der Waals surface area contributed by atoms with Crippen LogP contribution in [0.2, 0.25) is 0 Å². The van der Waals surface area contributed by atoms with Gasteiger partial charge in [-0.15, -0.1) is 0 Å². The lowest BCUT2D eigenvalue weighted by atomic mass is 9.47. The van der Waals surface area contributed by atoms with Crippen molar-refractivity contribution in [1.82, 2.24) is 29.3 Å². The molecule has 2 bridgehead atoms. The number of piperidine rings is 1. The number of aromatic nitrogens is 4. The van der Waals surface area contributed by atoms with Crippen LogP contribution in [0.1, 0.15) is 81.5 Å². The number of H-pyrrole nitrogens is 1. The normalized spacial score (nSPS) is 35.7. The van der Waals surface area contributed by atoms with Crippen molar-refractivity contribution in [2.75, 3.05) is 71.3 Å². The van der Waals surface area contributed by atoms with Crippen LogP contribution in [-0.2, 0) is 55.4 Å². The number of aliphatic hydroxyl groups excluding tert-OH is 3. The van der Waals surface area contributed by atoms with E-state index in [4.69, 9.17) is 34.5 Å². The Morgan fingerprint density at radius 1 is 0.987 bits per heavy atom. The van der Waals surface area contributed by atoms with Crippen LogP contribution in [0.25, 0.3) is 10.9 Å². The van der Waals surface area contributed by atoms with Gasteiger partial charge >= 0.3 is 23.6 Å². The number of carbonyl (C=O) groups excluding carboxylic acids is 4. The van der Waals surface area contributed by atoms with E-state index in [-0.39, 0.29) is 18.3 Å². The summed E-state index contributed by atoms with van der Waals surface area (Å²) in [5.41, 5.74) is 1.31. The van der Waals surface area contributed by atoms with Crippen molar-refractivity contribution < 1.29 is 68.4 Å². The van der Waals surface area contributed by atoms with Gasteiger partial charge < -0.3 is 64.8 Å². The van der Waals surface area contributed by atoms with Crippen molar-refractivity contribution in [1.29, 1.82) is 0 Å². The van der Waals surface area contributed by atoms with Gasteiger partial charge in [0, 0.05) is 78.2 Å². The maximum absolute atomic E-state index is 15.3. The molecule has 2 aromatic carbocycles. The standard InChI is InChI=1S/C46H56N4O10.C8H12N4O5/c1-7-42(55)22-28-23-45(40(53)58-5,36-30(14-18-48(24-28)25-42)29-12-9-10-13-33(29)47-36)32-20-31-34(21-35(32)57-4)50(26-51)38-44(31)16-19-49-17-11-15-43(8-2,37(44)49)39(60-27(3)52)46(38,56)41(54)59-6;9-7-10-2-12(8(16)11-7)6-5(15)4(14)3(1-13)17-6/h9-13,15,20-21,26,28,37-39,47,55-56H,7-8,14,16-19,22-25H2,1-6H3;2-6,13-15H,1H2,(H2,9,11,16)/t28-,37+,38-,39-,42+,43-,44-,45+,46+;3-,4-,5-,6-/m11/s1. The van der Waals surface area contributed by atoms with Crippen molar-refractivity contribution in [2.45, 2.75) is 124 Å². The third kappa shape index (κ3) is 7.93. The Kier molecular flexibility index (Phi) is 13.9. The van der Waals surface area contributed by atoms with E-state index in [0.717, 1.165) is 27.4 Å². The number of anilines is 2. The number of hydrogen-bond acceptors (Lipinski definition) is 20. The summed E-state index contributed by atoms with van der Waals surface area (Å²) in [6.07, 6.45) is 2.16. The number of amides is 1. The molecule has 77 heavy (non-hydrogen) atoms. The number of nitrogen functional groups attached to an aromatic ring is 1. The zero-order valence-corrected chi connectivity index (χ0v) is 44.0. The van der Waals surface area contributed by atoms with Crippen LogP contribution in [0.5, 0.6) is 5.75 Å². The molecule has 0 unspecified atom stereocenters. The van der Waals surface area contributed by atoms with E-state index in [0.29, 0.717) is 99.5 Å². The number of aromatic amines is 1. The highest BCUT2D eigenvalue weighted by Gasteiger charge is 2.81. The van der Waals surface area contributed by atoms with Gasteiger partial charge in [0.05, 0.1) is 45.3 Å². The predicted octanol–water partition coefficient (Wildman–Crippen LogP) is 0.350. The molecule has 1 amide bonds. The molecule has 8 N–H and O–H groups in total. The molecule has 14 atom stereocenters. The Balaban J connectivity index is 0.000000336. The van der Waals surface area contributed by atoms with Gasteiger partial charge in [0.25, 0.3) is 0 Å². The molecule has 4 aromatic rings. The van der Waals surface area contributed by atoms with Gasteiger partial charge in [-0.2, -0.15) is 4.98 Å². The van der Waals surface area contributed by atoms with Crippen LogP contribution in [0.4, 0.5) is 11.6 Å². The minimum absolute atomic E-state index is 0.155. The SMILES string of the molecule is CC[C@]1(O)C[C@H]2C[N@](CCc3c([nH]c4ccccc34)[C@@](C(=O)OC)(c3cc4c(cc3OC)N(C=O)[C@H]3[C@@](O)(C(=O)OC)[C@H](OC(C)=O)[C@]5(CC)C=CCN6CC[C@]43[C@@H]65)C2)C1.Nc1ncn([C@@H]2O[C@H](CO)[C@@H](O)[C@H]2O)c(=O)n1. The number of methoxy groups -OCH3 is 3. The third-order valence-electron chi connectivity index (χ3n) is 18.0. The Hall–Kier alpha value is -6.31. The highest BCUT2D eigenvalue weighted by molar-refractivity contribution is 5.96. The molecule has 7 aliphatic rings. The summed E-state index contributed by atoms with van der Waals surface area (Å²) >= 11 is 0. The number of ether oxygens (including phenoxy) is 5. The molecular weight excluding hydrogens is 1000 g/mol. The quantitative estimate of drug-likeness (QED) is 0.0488. The number of nitrogens with zero attached hydrogens (tertiary/aromatic N) is 6. The zero-order chi connectivity index (χ0) is 55.1. The monoisotopic (exact) mass is 1070 g/mol. The molecule has 11 rings (SSSR count). The van der Waals surface area contributed by atoms with E-state index in [9.17, 15) is 39.6 Å². The van der Waals surface area contributed by atoms with E-state index >= 15 is 4.79 Å². The van der Waals surface area contributed by atoms with E-state index < -0.39 is 100 Å². The largest absolute Gasteiger partial charge is 0.496 e. The number of hydrogen-bond donors (Lipinski definition) is 7. The van der Waals surface area contributed by atoms with Gasteiger partial charge in [-0.3, -0.25) is 28.8 Å². The number of esters is 3. The second-order valence-electron chi connectivity index (χ2n) is 21.7. The van der Waals surface area contributed by atoms with Crippen LogP contribution in [0.3, 0.4) is 0 Å². The average molecular weight is 1070 g/mol. The van der Waals surface area contributed by atoms with Gasteiger partial charge in [0.15, 0.2) is 12.3 Å². The van der Waals surface area contributed by atoms with Gasteiger partial charge in [0.1, 0.15) is 35.8 Å². The maximum Gasteiger partial charge on any atom is 0.354 e. The molecule has 4 fully saturated rings. The van der Waals surface area contributed by atoms with Crippen molar-refractivity contribution >= 4 is 46.9 Å². The average Bonchev–Trinajstić information content (AvgIpc) is 4.37. The van der Waals surface area contributed by atoms with Crippen molar-refractivity contribution in [3.8, 4) is 5.75 Å². The van der Waals surface area contributed by atoms with E-state index in [1.54, 1.807) is 6.07 Å². The summed E-state index contributed by atoms with van der Waals surface area (Å²) in [6, 6.07) is 9.97. The van der Waals surface area contributed by atoms with Crippen LogP contribution in [-0.4, -0.2) is 188 Å². The molecule has 3 saturated heterocycles. The molecule has 414 valence electrons. The van der Waals surface area contributed by atoms with Crippen LogP contribution in [0.15, 0.2) is 59.7 Å². The molecule has 6 aliphatic heterocycles. The smallest absolute Gasteiger partial charge is 0.354 e. The predicted molar refractivity (Wildman–Crippen MR) is 274 cm³/mol. The number of aliphatic hydroxyl groups is 5. The first-order valence-corrected chi connectivity index (χ1v) is 26.1. The van der Waals surface area contributed by atoms with Crippen LogP contribution >= 0.6 is 0 Å². The summed E-state index contributed by atoms with van der Waals surface area (Å²) < 4.78 is 29.7. The number of nitrogens with one attached hydrogen (secondary N) is 1.